The first-order valence-corrected chi connectivity index (χ1v) is 7.60. The molecule has 1 aromatic rings. The van der Waals surface area contributed by atoms with E-state index in [1.807, 2.05) is 0 Å². The highest BCUT2D eigenvalue weighted by molar-refractivity contribution is 8.00. The summed E-state index contributed by atoms with van der Waals surface area (Å²) in [5, 5.41) is -0.760. The average molecular weight is 349 g/mol. The van der Waals surface area contributed by atoms with E-state index < -0.39 is 30.0 Å². The van der Waals surface area contributed by atoms with Crippen molar-refractivity contribution in [3.8, 4) is 11.5 Å². The molecule has 1 atom stereocenters. The topological polar surface area (TPSA) is 55.8 Å². The Morgan fingerprint density at radius 3 is 2.65 bits per heavy atom. The summed E-state index contributed by atoms with van der Waals surface area (Å²) in [5.74, 6) is -0.750. The quantitative estimate of drug-likeness (QED) is 0.618. The van der Waals surface area contributed by atoms with Crippen LogP contribution in [0.5, 0.6) is 11.5 Å². The van der Waals surface area contributed by atoms with Crippen molar-refractivity contribution in [2.45, 2.75) is 18.5 Å². The lowest BCUT2D eigenvalue weighted by atomic mass is 10.1. The van der Waals surface area contributed by atoms with E-state index in [-0.39, 0.29) is 17.3 Å². The predicted octanol–water partition coefficient (Wildman–Crippen LogP) is 2.76. The smallest absolute Gasteiger partial charge is 0.406 e. The summed E-state index contributed by atoms with van der Waals surface area (Å²) in [6.07, 6.45) is -4.47. The van der Waals surface area contributed by atoms with Gasteiger partial charge in [0.15, 0.2) is 11.5 Å². The summed E-state index contributed by atoms with van der Waals surface area (Å²) in [4.78, 5) is 23.5. The number of methoxy groups -OCH3 is 1. The van der Waals surface area contributed by atoms with Gasteiger partial charge in [0.2, 0.25) is 5.91 Å². The standard InChI is InChI=1S/C14H14F3NO4S/c1-8(19)22-10-4-3-9(5-11(10)21-2)13-18(7-14(15,16)17)12(20)6-23-13/h3-5,13H,6-7H2,1-2H3. The van der Waals surface area contributed by atoms with Crippen molar-refractivity contribution in [1.29, 1.82) is 0 Å². The van der Waals surface area contributed by atoms with Crippen LogP contribution >= 0.6 is 11.8 Å². The van der Waals surface area contributed by atoms with Crippen molar-refractivity contribution in [1.82, 2.24) is 4.90 Å². The van der Waals surface area contributed by atoms with E-state index >= 15 is 0 Å². The maximum atomic E-state index is 12.6. The molecule has 0 saturated carbocycles. The summed E-state index contributed by atoms with van der Waals surface area (Å²) in [5.41, 5.74) is 0.470. The van der Waals surface area contributed by atoms with Gasteiger partial charge in [-0.25, -0.2) is 0 Å². The first kappa shape index (κ1) is 17.5. The SMILES string of the molecule is COc1cc(C2SCC(=O)N2CC(F)(F)F)ccc1OC(C)=O. The van der Waals surface area contributed by atoms with Crippen molar-refractivity contribution < 1.29 is 32.2 Å². The number of benzene rings is 1. The lowest BCUT2D eigenvalue weighted by molar-refractivity contribution is -0.159. The number of ether oxygens (including phenoxy) is 2. The number of hydrogen-bond donors (Lipinski definition) is 0. The highest BCUT2D eigenvalue weighted by Crippen LogP contribution is 2.42. The largest absolute Gasteiger partial charge is 0.493 e. The molecule has 126 valence electrons. The monoisotopic (exact) mass is 349 g/mol. The molecule has 1 aliphatic heterocycles. The Hall–Kier alpha value is -1.90. The predicted molar refractivity (Wildman–Crippen MR) is 77.3 cm³/mol. The Labute approximate surface area is 134 Å². The fourth-order valence-corrected chi connectivity index (χ4v) is 3.35. The van der Waals surface area contributed by atoms with Crippen LogP contribution in [-0.2, 0) is 9.59 Å². The maximum Gasteiger partial charge on any atom is 0.406 e. The fourth-order valence-electron chi connectivity index (χ4n) is 2.17. The Morgan fingerprint density at radius 1 is 1.39 bits per heavy atom. The summed E-state index contributed by atoms with van der Waals surface area (Å²) >= 11 is 1.10. The number of carbonyl (C=O) groups is 2. The molecule has 9 heteroatoms. The van der Waals surface area contributed by atoms with Crippen LogP contribution in [0.15, 0.2) is 18.2 Å². The Bertz CT molecular complexity index is 621. The van der Waals surface area contributed by atoms with Crippen molar-refractivity contribution in [2.24, 2.45) is 0 Å². The lowest BCUT2D eigenvalue weighted by Crippen LogP contribution is -2.37. The molecule has 1 fully saturated rings. The highest BCUT2D eigenvalue weighted by Gasteiger charge is 2.41. The summed E-state index contributed by atoms with van der Waals surface area (Å²) in [6.45, 7) is -0.0819. The van der Waals surface area contributed by atoms with Gasteiger partial charge in [0, 0.05) is 6.92 Å². The van der Waals surface area contributed by atoms with Gasteiger partial charge in [0.25, 0.3) is 0 Å². The lowest BCUT2D eigenvalue weighted by Gasteiger charge is -2.25. The Kier molecular flexibility index (Phi) is 5.08. The van der Waals surface area contributed by atoms with Crippen molar-refractivity contribution in [3.05, 3.63) is 23.8 Å². The second-order valence-electron chi connectivity index (χ2n) is 4.80. The zero-order chi connectivity index (χ0) is 17.2. The molecule has 1 heterocycles. The second-order valence-corrected chi connectivity index (χ2v) is 5.87. The third kappa shape index (κ3) is 4.31. The molecule has 1 aromatic carbocycles. The van der Waals surface area contributed by atoms with E-state index in [0.29, 0.717) is 5.56 Å². The van der Waals surface area contributed by atoms with E-state index in [0.717, 1.165) is 16.7 Å². The van der Waals surface area contributed by atoms with Crippen LogP contribution in [0, 0.1) is 0 Å². The van der Waals surface area contributed by atoms with E-state index in [1.54, 1.807) is 0 Å². The van der Waals surface area contributed by atoms with Crippen LogP contribution in [0.1, 0.15) is 17.9 Å². The number of hydrogen-bond acceptors (Lipinski definition) is 5. The maximum absolute atomic E-state index is 12.6. The van der Waals surface area contributed by atoms with Crippen molar-refractivity contribution in [2.75, 3.05) is 19.4 Å². The van der Waals surface area contributed by atoms with Crippen LogP contribution in [0.2, 0.25) is 0 Å². The van der Waals surface area contributed by atoms with Crippen LogP contribution in [0.3, 0.4) is 0 Å². The molecular weight excluding hydrogens is 335 g/mol. The van der Waals surface area contributed by atoms with Crippen LogP contribution in [-0.4, -0.2) is 42.4 Å². The van der Waals surface area contributed by atoms with E-state index in [1.165, 1.54) is 32.2 Å². The zero-order valence-corrected chi connectivity index (χ0v) is 13.2. The van der Waals surface area contributed by atoms with Crippen molar-refractivity contribution >= 4 is 23.6 Å². The molecule has 0 spiro atoms. The molecule has 1 amide bonds. The van der Waals surface area contributed by atoms with Gasteiger partial charge in [-0.3, -0.25) is 9.59 Å². The molecule has 0 bridgehead atoms. The van der Waals surface area contributed by atoms with E-state index in [4.69, 9.17) is 9.47 Å². The molecule has 23 heavy (non-hydrogen) atoms. The fraction of sp³-hybridized carbons (Fsp3) is 0.429. The molecule has 0 aromatic heterocycles. The minimum atomic E-state index is -4.47. The van der Waals surface area contributed by atoms with Gasteiger partial charge in [0.1, 0.15) is 11.9 Å². The van der Waals surface area contributed by atoms with Gasteiger partial charge >= 0.3 is 12.1 Å². The number of esters is 1. The third-order valence-corrected chi connectivity index (χ3v) is 4.30. The molecule has 1 unspecified atom stereocenters. The molecular formula is C14H14F3NO4S. The van der Waals surface area contributed by atoms with Crippen LogP contribution in [0.25, 0.3) is 0 Å². The van der Waals surface area contributed by atoms with Gasteiger partial charge < -0.3 is 14.4 Å². The van der Waals surface area contributed by atoms with Gasteiger partial charge in [-0.1, -0.05) is 6.07 Å². The first-order chi connectivity index (χ1) is 10.7. The Balaban J connectivity index is 2.29. The number of halogens is 3. The van der Waals surface area contributed by atoms with Crippen LogP contribution in [0.4, 0.5) is 13.2 Å². The number of carbonyl (C=O) groups excluding carboxylic acids is 2. The van der Waals surface area contributed by atoms with Gasteiger partial charge in [-0.05, 0) is 17.7 Å². The number of amides is 1. The average Bonchev–Trinajstić information content (AvgIpc) is 2.78. The first-order valence-electron chi connectivity index (χ1n) is 6.55. The van der Waals surface area contributed by atoms with Gasteiger partial charge in [0.05, 0.1) is 12.9 Å². The minimum Gasteiger partial charge on any atom is -0.493 e. The van der Waals surface area contributed by atoms with Crippen molar-refractivity contribution in [3.63, 3.8) is 0 Å². The highest BCUT2D eigenvalue weighted by atomic mass is 32.2. The molecule has 0 N–H and O–H groups in total. The Morgan fingerprint density at radius 2 is 2.09 bits per heavy atom. The number of thioether (sulfide) groups is 1. The minimum absolute atomic E-state index is 0.0191. The van der Waals surface area contributed by atoms with E-state index in [9.17, 15) is 22.8 Å². The number of nitrogens with zero attached hydrogens (tertiary/aromatic N) is 1. The second kappa shape index (κ2) is 6.69. The molecule has 2 rings (SSSR count). The molecule has 0 radical (unpaired) electrons. The van der Waals surface area contributed by atoms with Crippen LogP contribution < -0.4 is 9.47 Å². The normalized spacial score (nSPS) is 18.2. The molecule has 1 aliphatic rings. The summed E-state index contributed by atoms with van der Waals surface area (Å²) < 4.78 is 48.0. The zero-order valence-electron chi connectivity index (χ0n) is 12.3. The molecule has 1 saturated heterocycles. The van der Waals surface area contributed by atoms with E-state index in [2.05, 4.69) is 0 Å². The number of alkyl halides is 3. The third-order valence-electron chi connectivity index (χ3n) is 3.04. The summed E-state index contributed by atoms with van der Waals surface area (Å²) in [7, 11) is 1.35. The number of rotatable bonds is 4. The van der Waals surface area contributed by atoms with Gasteiger partial charge in [-0.2, -0.15) is 13.2 Å². The molecule has 0 aliphatic carbocycles. The van der Waals surface area contributed by atoms with Gasteiger partial charge in [-0.15, -0.1) is 11.8 Å². The molecule has 5 nitrogen and oxygen atoms in total. The summed E-state index contributed by atoms with van der Waals surface area (Å²) in [6, 6.07) is 4.42.